The van der Waals surface area contributed by atoms with E-state index in [-0.39, 0.29) is 6.61 Å². The highest BCUT2D eigenvalue weighted by Gasteiger charge is 2.36. The van der Waals surface area contributed by atoms with Gasteiger partial charge in [-0.2, -0.15) is 0 Å². The predicted molar refractivity (Wildman–Crippen MR) is 134 cm³/mol. The van der Waals surface area contributed by atoms with Crippen molar-refractivity contribution in [3.8, 4) is 0 Å². The second-order valence-electron chi connectivity index (χ2n) is 8.68. The zero-order chi connectivity index (χ0) is 30.8. The van der Waals surface area contributed by atoms with Gasteiger partial charge in [0.15, 0.2) is 23.6 Å². The first-order valence-electron chi connectivity index (χ1n) is 12.7. The lowest BCUT2D eigenvalue weighted by molar-refractivity contribution is -0.228. The normalized spacial score (nSPS) is 19.5. The topological polar surface area (TPSA) is 317 Å². The lowest BCUT2D eigenvalue weighted by Crippen LogP contribution is -2.48. The van der Waals surface area contributed by atoms with Gasteiger partial charge in [0.2, 0.25) is 12.0 Å². The Labute approximate surface area is 230 Å². The SMILES string of the molecule is NCCCCCOC(O)C(O)C(O)C(CCO)OC(O)/C(O)=C(\OC(O)/C(O)=C(\O)C(O)CCO)C(O)CCO. The molecule has 0 saturated carbocycles. The molecule has 0 saturated heterocycles. The van der Waals surface area contributed by atoms with E-state index in [1.54, 1.807) is 0 Å². The second-order valence-corrected chi connectivity index (χ2v) is 8.68. The van der Waals surface area contributed by atoms with Crippen molar-refractivity contribution >= 4 is 0 Å². The number of hydrogen-bond donors (Lipinski definition) is 14. The van der Waals surface area contributed by atoms with Crippen molar-refractivity contribution in [3.05, 3.63) is 23.0 Å². The van der Waals surface area contributed by atoms with Crippen LogP contribution in [0.5, 0.6) is 0 Å². The molecule has 8 atom stereocenters. The molecule has 0 bridgehead atoms. The summed E-state index contributed by atoms with van der Waals surface area (Å²) < 4.78 is 15.0. The fourth-order valence-corrected chi connectivity index (χ4v) is 3.21. The Balaban J connectivity index is 5.77. The summed E-state index contributed by atoms with van der Waals surface area (Å²) in [6.45, 7) is -1.48. The van der Waals surface area contributed by atoms with E-state index in [0.29, 0.717) is 25.8 Å². The Morgan fingerprint density at radius 2 is 1.20 bits per heavy atom. The molecular weight excluding hydrogens is 546 g/mol. The van der Waals surface area contributed by atoms with Crippen LogP contribution in [0.1, 0.15) is 38.5 Å². The third-order valence-electron chi connectivity index (χ3n) is 5.52. The Hall–Kier alpha value is -1.84. The lowest BCUT2D eigenvalue weighted by atomic mass is 10.0. The van der Waals surface area contributed by atoms with Gasteiger partial charge in [-0.15, -0.1) is 0 Å². The van der Waals surface area contributed by atoms with Gasteiger partial charge in [-0.05, 0) is 32.2 Å². The number of nitrogens with two attached hydrogens (primary N) is 1. The minimum atomic E-state index is -2.55. The Kier molecular flexibility index (Phi) is 20.0. The molecular formula is C23H45NO16. The van der Waals surface area contributed by atoms with Crippen molar-refractivity contribution in [2.24, 2.45) is 5.73 Å². The van der Waals surface area contributed by atoms with Gasteiger partial charge >= 0.3 is 0 Å². The summed E-state index contributed by atoms with van der Waals surface area (Å²) in [5.74, 6) is -5.03. The predicted octanol–water partition coefficient (Wildman–Crippen LogP) is -3.82. The zero-order valence-electron chi connectivity index (χ0n) is 22.0. The number of ether oxygens (including phenoxy) is 3. The molecule has 0 amide bonds. The number of rotatable bonds is 23. The fraction of sp³-hybridized carbons (Fsp3) is 0.826. The monoisotopic (exact) mass is 591 g/mol. The van der Waals surface area contributed by atoms with Crippen LogP contribution in [0.2, 0.25) is 0 Å². The maximum atomic E-state index is 10.5. The van der Waals surface area contributed by atoms with Gasteiger partial charge in [-0.1, -0.05) is 0 Å². The van der Waals surface area contributed by atoms with Crippen LogP contribution in [0.25, 0.3) is 0 Å². The van der Waals surface area contributed by atoms with Crippen LogP contribution in [0.15, 0.2) is 23.0 Å². The van der Waals surface area contributed by atoms with Gasteiger partial charge in [-0.3, -0.25) is 0 Å². The van der Waals surface area contributed by atoms with Crippen LogP contribution in [0.3, 0.4) is 0 Å². The van der Waals surface area contributed by atoms with Crippen molar-refractivity contribution in [1.29, 1.82) is 0 Å². The first-order chi connectivity index (χ1) is 18.9. The summed E-state index contributed by atoms with van der Waals surface area (Å²) in [6, 6.07) is 0. The van der Waals surface area contributed by atoms with Crippen LogP contribution in [0, 0.1) is 0 Å². The molecule has 0 aromatic carbocycles. The largest absolute Gasteiger partial charge is 0.506 e. The zero-order valence-corrected chi connectivity index (χ0v) is 22.0. The molecule has 0 spiro atoms. The van der Waals surface area contributed by atoms with E-state index in [2.05, 4.69) is 0 Å². The van der Waals surface area contributed by atoms with E-state index in [1.165, 1.54) is 0 Å². The molecule has 0 aliphatic rings. The number of hydrogen-bond acceptors (Lipinski definition) is 17. The molecule has 8 unspecified atom stereocenters. The van der Waals surface area contributed by atoms with Gasteiger partial charge in [0.05, 0.1) is 6.10 Å². The first kappa shape index (κ1) is 38.2. The number of aliphatic hydroxyl groups is 13. The molecule has 40 heavy (non-hydrogen) atoms. The smallest absolute Gasteiger partial charge is 0.259 e. The highest BCUT2D eigenvalue weighted by Crippen LogP contribution is 2.23. The molecule has 0 aliphatic carbocycles. The van der Waals surface area contributed by atoms with E-state index < -0.39 is 112 Å². The average molecular weight is 592 g/mol. The Morgan fingerprint density at radius 1 is 0.625 bits per heavy atom. The van der Waals surface area contributed by atoms with Crippen molar-refractivity contribution < 1.29 is 80.6 Å². The third-order valence-corrected chi connectivity index (χ3v) is 5.52. The molecule has 17 nitrogen and oxygen atoms in total. The van der Waals surface area contributed by atoms with Crippen molar-refractivity contribution in [1.82, 2.24) is 0 Å². The summed E-state index contributed by atoms with van der Waals surface area (Å²) >= 11 is 0. The molecule has 17 heteroatoms. The summed E-state index contributed by atoms with van der Waals surface area (Å²) in [5, 5.41) is 128. The molecule has 238 valence electrons. The molecule has 0 heterocycles. The minimum Gasteiger partial charge on any atom is -0.506 e. The highest BCUT2D eigenvalue weighted by atomic mass is 16.6. The van der Waals surface area contributed by atoms with E-state index in [4.69, 9.17) is 30.2 Å². The third kappa shape index (κ3) is 13.2. The first-order valence-corrected chi connectivity index (χ1v) is 12.7. The fourth-order valence-electron chi connectivity index (χ4n) is 3.21. The van der Waals surface area contributed by atoms with Crippen LogP contribution >= 0.6 is 0 Å². The lowest BCUT2D eigenvalue weighted by Gasteiger charge is -2.31. The molecule has 0 fully saturated rings. The van der Waals surface area contributed by atoms with Crippen LogP contribution in [-0.4, -0.2) is 149 Å². The summed E-state index contributed by atoms with van der Waals surface area (Å²) in [7, 11) is 0. The van der Waals surface area contributed by atoms with Crippen molar-refractivity contribution in [3.63, 3.8) is 0 Å². The quantitative estimate of drug-likeness (QED) is 0.0307. The van der Waals surface area contributed by atoms with Crippen molar-refractivity contribution in [2.75, 3.05) is 33.0 Å². The minimum absolute atomic E-state index is 0.0161. The maximum Gasteiger partial charge on any atom is 0.259 e. The van der Waals surface area contributed by atoms with Gasteiger partial charge in [0.25, 0.3) is 6.29 Å². The average Bonchev–Trinajstić information content (AvgIpc) is 2.93. The summed E-state index contributed by atoms with van der Waals surface area (Å²) in [5.41, 5.74) is 5.38. The van der Waals surface area contributed by atoms with E-state index in [9.17, 15) is 56.2 Å². The highest BCUT2D eigenvalue weighted by molar-refractivity contribution is 5.12. The van der Waals surface area contributed by atoms with Gasteiger partial charge in [-0.25, -0.2) is 0 Å². The van der Waals surface area contributed by atoms with E-state index in [1.807, 2.05) is 0 Å². The van der Waals surface area contributed by atoms with Crippen LogP contribution in [-0.2, 0) is 14.2 Å². The molecule has 0 radical (unpaired) electrons. The molecule has 0 aliphatic heterocycles. The summed E-state index contributed by atoms with van der Waals surface area (Å²) in [4.78, 5) is 0. The van der Waals surface area contributed by atoms with Crippen molar-refractivity contribution in [2.45, 2.75) is 87.9 Å². The molecule has 15 N–H and O–H groups in total. The Morgan fingerprint density at radius 3 is 1.75 bits per heavy atom. The van der Waals surface area contributed by atoms with E-state index >= 15 is 0 Å². The van der Waals surface area contributed by atoms with Crippen LogP contribution < -0.4 is 5.73 Å². The molecule has 0 rings (SSSR count). The molecule has 0 aromatic heterocycles. The number of aliphatic hydroxyl groups excluding tert-OH is 13. The maximum absolute atomic E-state index is 10.5. The number of unbranched alkanes of at least 4 members (excludes halogenated alkanes) is 2. The van der Waals surface area contributed by atoms with Gasteiger partial charge in [0, 0.05) is 39.3 Å². The van der Waals surface area contributed by atoms with E-state index in [0.717, 1.165) is 0 Å². The second kappa shape index (κ2) is 20.9. The van der Waals surface area contributed by atoms with Crippen LogP contribution in [0.4, 0.5) is 0 Å². The molecule has 0 aromatic rings. The standard InChI is InChI=1S/C23H45NO16/c24-7-2-1-3-11-38-21(35)18(33)16(31)14(6-10-27)39-23(37)19(34)20(13(29)5-9-26)40-22(36)17(32)15(30)12(28)4-8-25/h12-14,16,18,21-23,25-37H,1-11,24H2/b17-15+,20-19+. The summed E-state index contributed by atoms with van der Waals surface area (Å²) in [6.07, 6.45) is -15.9. The Bertz CT molecular complexity index is 738. The van der Waals surface area contributed by atoms with Gasteiger partial charge < -0.3 is 86.3 Å². The van der Waals surface area contributed by atoms with Gasteiger partial charge in [0.1, 0.15) is 24.4 Å².